The molecule has 1 rings (SSSR count). The first-order valence-electron chi connectivity index (χ1n) is 4.17. The van der Waals surface area contributed by atoms with Gasteiger partial charge in [-0.3, -0.25) is 0 Å². The van der Waals surface area contributed by atoms with E-state index in [9.17, 15) is 0 Å². The zero-order valence-corrected chi connectivity index (χ0v) is 7.34. The topological polar surface area (TPSA) is 35.2 Å². The average Bonchev–Trinajstić information content (AvgIpc) is 2.34. The fraction of sp³-hybridized carbons (Fsp3) is 0.778. The SMILES string of the molecule is C=C(C)C(N)C1CCC(C)O1. The van der Waals surface area contributed by atoms with Crippen LogP contribution in [0.5, 0.6) is 0 Å². The molecule has 2 nitrogen and oxygen atoms in total. The lowest BCUT2D eigenvalue weighted by atomic mass is 10.0. The molecular weight excluding hydrogens is 138 g/mol. The number of hydrogen-bond acceptors (Lipinski definition) is 2. The van der Waals surface area contributed by atoms with Crippen molar-refractivity contribution in [1.29, 1.82) is 0 Å². The fourth-order valence-electron chi connectivity index (χ4n) is 1.41. The summed E-state index contributed by atoms with van der Waals surface area (Å²) in [5.74, 6) is 0. The summed E-state index contributed by atoms with van der Waals surface area (Å²) >= 11 is 0. The molecular formula is C9H17NO. The zero-order valence-electron chi connectivity index (χ0n) is 7.34. The minimum absolute atomic E-state index is 0.0277. The van der Waals surface area contributed by atoms with E-state index in [1.54, 1.807) is 0 Å². The molecule has 1 aliphatic heterocycles. The molecule has 2 heteroatoms. The van der Waals surface area contributed by atoms with E-state index in [0.717, 1.165) is 18.4 Å². The van der Waals surface area contributed by atoms with Crippen LogP contribution in [0.15, 0.2) is 12.2 Å². The molecule has 1 heterocycles. The van der Waals surface area contributed by atoms with E-state index in [0.29, 0.717) is 6.10 Å². The van der Waals surface area contributed by atoms with Crippen LogP contribution in [-0.2, 0) is 4.74 Å². The van der Waals surface area contributed by atoms with Crippen LogP contribution in [0.3, 0.4) is 0 Å². The van der Waals surface area contributed by atoms with Gasteiger partial charge < -0.3 is 10.5 Å². The maximum Gasteiger partial charge on any atom is 0.0768 e. The van der Waals surface area contributed by atoms with Crippen molar-refractivity contribution in [1.82, 2.24) is 0 Å². The van der Waals surface area contributed by atoms with Crippen molar-refractivity contribution in [2.75, 3.05) is 0 Å². The lowest BCUT2D eigenvalue weighted by molar-refractivity contribution is 0.0471. The van der Waals surface area contributed by atoms with Crippen LogP contribution in [0.4, 0.5) is 0 Å². The van der Waals surface area contributed by atoms with Crippen LogP contribution < -0.4 is 5.73 Å². The second-order valence-corrected chi connectivity index (χ2v) is 3.43. The van der Waals surface area contributed by atoms with Crippen molar-refractivity contribution in [3.8, 4) is 0 Å². The van der Waals surface area contributed by atoms with Gasteiger partial charge in [-0.05, 0) is 26.7 Å². The summed E-state index contributed by atoms with van der Waals surface area (Å²) in [5, 5.41) is 0. The van der Waals surface area contributed by atoms with E-state index in [4.69, 9.17) is 10.5 Å². The molecule has 0 bridgehead atoms. The van der Waals surface area contributed by atoms with Crippen LogP contribution in [0.25, 0.3) is 0 Å². The second-order valence-electron chi connectivity index (χ2n) is 3.43. The molecule has 0 aromatic heterocycles. The van der Waals surface area contributed by atoms with E-state index >= 15 is 0 Å². The Morgan fingerprint density at radius 2 is 2.27 bits per heavy atom. The van der Waals surface area contributed by atoms with Gasteiger partial charge in [-0.15, -0.1) is 0 Å². The molecule has 3 atom stereocenters. The summed E-state index contributed by atoms with van der Waals surface area (Å²) < 4.78 is 5.60. The maximum absolute atomic E-state index is 5.86. The van der Waals surface area contributed by atoms with E-state index in [1.165, 1.54) is 0 Å². The largest absolute Gasteiger partial charge is 0.373 e. The maximum atomic E-state index is 5.86. The van der Waals surface area contributed by atoms with Gasteiger partial charge in [0.15, 0.2) is 0 Å². The van der Waals surface area contributed by atoms with E-state index in [-0.39, 0.29) is 12.1 Å². The molecule has 0 amide bonds. The van der Waals surface area contributed by atoms with E-state index in [2.05, 4.69) is 13.5 Å². The van der Waals surface area contributed by atoms with Gasteiger partial charge in [0, 0.05) is 0 Å². The van der Waals surface area contributed by atoms with Crippen LogP contribution in [0.1, 0.15) is 26.7 Å². The Kier molecular flexibility index (Phi) is 2.68. The van der Waals surface area contributed by atoms with Gasteiger partial charge in [0.05, 0.1) is 18.2 Å². The van der Waals surface area contributed by atoms with Gasteiger partial charge in [0.25, 0.3) is 0 Å². The Morgan fingerprint density at radius 3 is 2.64 bits per heavy atom. The molecule has 0 spiro atoms. The highest BCUT2D eigenvalue weighted by Gasteiger charge is 2.27. The van der Waals surface area contributed by atoms with Crippen LogP contribution in [-0.4, -0.2) is 18.2 Å². The first-order valence-corrected chi connectivity index (χ1v) is 4.17. The van der Waals surface area contributed by atoms with Crippen LogP contribution >= 0.6 is 0 Å². The summed E-state index contributed by atoms with van der Waals surface area (Å²) in [7, 11) is 0. The lowest BCUT2D eigenvalue weighted by Gasteiger charge is -2.19. The minimum Gasteiger partial charge on any atom is -0.373 e. The molecule has 2 N–H and O–H groups in total. The molecule has 0 saturated carbocycles. The normalized spacial score (nSPS) is 33.7. The highest BCUT2D eigenvalue weighted by atomic mass is 16.5. The average molecular weight is 155 g/mol. The Balaban J connectivity index is 2.43. The molecule has 0 aromatic carbocycles. The number of ether oxygens (including phenoxy) is 1. The van der Waals surface area contributed by atoms with Crippen molar-refractivity contribution in [2.24, 2.45) is 5.73 Å². The van der Waals surface area contributed by atoms with Gasteiger partial charge in [-0.25, -0.2) is 0 Å². The predicted molar refractivity (Wildman–Crippen MR) is 46.4 cm³/mol. The fourth-order valence-corrected chi connectivity index (χ4v) is 1.41. The Hall–Kier alpha value is -0.340. The third kappa shape index (κ3) is 2.04. The minimum atomic E-state index is 0.0277. The monoisotopic (exact) mass is 155 g/mol. The lowest BCUT2D eigenvalue weighted by Crippen LogP contribution is -2.35. The second kappa shape index (κ2) is 3.37. The zero-order chi connectivity index (χ0) is 8.43. The summed E-state index contributed by atoms with van der Waals surface area (Å²) in [4.78, 5) is 0. The highest BCUT2D eigenvalue weighted by molar-refractivity contribution is 5.04. The van der Waals surface area contributed by atoms with E-state index in [1.807, 2.05) is 6.92 Å². The molecule has 1 fully saturated rings. The Labute approximate surface area is 68.4 Å². The Morgan fingerprint density at radius 1 is 1.64 bits per heavy atom. The first kappa shape index (κ1) is 8.75. The van der Waals surface area contributed by atoms with Gasteiger partial charge >= 0.3 is 0 Å². The molecule has 64 valence electrons. The van der Waals surface area contributed by atoms with Crippen molar-refractivity contribution in [3.05, 3.63) is 12.2 Å². The third-order valence-corrected chi connectivity index (χ3v) is 2.23. The number of rotatable bonds is 2. The van der Waals surface area contributed by atoms with Gasteiger partial charge in [-0.2, -0.15) is 0 Å². The van der Waals surface area contributed by atoms with Crippen molar-refractivity contribution in [3.63, 3.8) is 0 Å². The van der Waals surface area contributed by atoms with E-state index < -0.39 is 0 Å². The molecule has 0 radical (unpaired) electrons. The first-order chi connectivity index (χ1) is 5.11. The van der Waals surface area contributed by atoms with Gasteiger partial charge in [0.2, 0.25) is 0 Å². The number of nitrogens with two attached hydrogens (primary N) is 1. The summed E-state index contributed by atoms with van der Waals surface area (Å²) in [6, 6.07) is 0.0277. The number of hydrogen-bond donors (Lipinski definition) is 1. The summed E-state index contributed by atoms with van der Waals surface area (Å²) in [5.41, 5.74) is 6.88. The standard InChI is InChI=1S/C9H17NO/c1-6(2)9(10)8-5-4-7(3)11-8/h7-9H,1,4-5,10H2,2-3H3. The molecule has 3 unspecified atom stereocenters. The van der Waals surface area contributed by atoms with Crippen molar-refractivity contribution < 1.29 is 4.74 Å². The molecule has 11 heavy (non-hydrogen) atoms. The quantitative estimate of drug-likeness (QED) is 0.613. The highest BCUT2D eigenvalue weighted by Crippen LogP contribution is 2.22. The Bertz CT molecular complexity index is 156. The summed E-state index contributed by atoms with van der Waals surface area (Å²) in [6.45, 7) is 7.86. The van der Waals surface area contributed by atoms with Crippen molar-refractivity contribution in [2.45, 2.75) is 44.9 Å². The van der Waals surface area contributed by atoms with Crippen LogP contribution in [0, 0.1) is 0 Å². The van der Waals surface area contributed by atoms with Crippen LogP contribution in [0.2, 0.25) is 0 Å². The molecule has 0 aromatic rings. The predicted octanol–water partition coefficient (Wildman–Crippen LogP) is 1.46. The summed E-state index contributed by atoms with van der Waals surface area (Å²) in [6.07, 6.45) is 2.80. The third-order valence-electron chi connectivity index (χ3n) is 2.23. The molecule has 0 aliphatic carbocycles. The van der Waals surface area contributed by atoms with Gasteiger partial charge in [-0.1, -0.05) is 12.2 Å². The molecule has 1 aliphatic rings. The molecule has 1 saturated heterocycles. The smallest absolute Gasteiger partial charge is 0.0768 e. The van der Waals surface area contributed by atoms with Gasteiger partial charge in [0.1, 0.15) is 0 Å². The van der Waals surface area contributed by atoms with Crippen molar-refractivity contribution >= 4 is 0 Å².